The van der Waals surface area contributed by atoms with Crippen molar-refractivity contribution in [2.45, 2.75) is 44.9 Å². The van der Waals surface area contributed by atoms with Crippen LogP contribution >= 0.6 is 0 Å². The summed E-state index contributed by atoms with van der Waals surface area (Å²) in [6, 6.07) is 7.68. The van der Waals surface area contributed by atoms with Gasteiger partial charge >= 0.3 is 0 Å². The minimum Gasteiger partial charge on any atom is -0.373 e. The second kappa shape index (κ2) is 8.45. The molecule has 3 aromatic rings. The third kappa shape index (κ3) is 4.57. The first-order chi connectivity index (χ1) is 14.8. The molecule has 1 saturated heterocycles. The molecule has 4 rings (SSSR count). The number of anilines is 1. The number of rotatable bonds is 4. The first-order valence-corrected chi connectivity index (χ1v) is 10.7. The summed E-state index contributed by atoms with van der Waals surface area (Å²) in [5.74, 6) is 1.51. The third-order valence-corrected chi connectivity index (χ3v) is 5.65. The van der Waals surface area contributed by atoms with Gasteiger partial charge in [0.1, 0.15) is 11.5 Å². The average Bonchev–Trinajstić information content (AvgIpc) is 3.30. The number of nitrogens with zero attached hydrogens (tertiary/aromatic N) is 5. The van der Waals surface area contributed by atoms with Crippen LogP contribution in [0.1, 0.15) is 61.4 Å². The lowest BCUT2D eigenvalue weighted by Crippen LogP contribution is -2.39. The molecule has 4 heterocycles. The normalized spacial score (nSPS) is 16.9. The number of amides is 1. The standard InChI is InChI=1S/C23H29N7O/c1-23(2,3)19-11-18(28-29-19)22(31)30-10-6-8-16(14-30)17-12-20(24-4)27-21(26-17)15-7-5-9-25-13-15/h5,7,9,11-13,16H,6,8,10,14H2,1-4H3,(H,28,29)(H,24,26,27)/t16-/m1/s1. The fourth-order valence-corrected chi connectivity index (χ4v) is 3.81. The Hall–Kier alpha value is -3.29. The molecule has 1 atom stereocenters. The van der Waals surface area contributed by atoms with Gasteiger partial charge in [-0.25, -0.2) is 9.97 Å². The van der Waals surface area contributed by atoms with Crippen molar-refractivity contribution in [2.24, 2.45) is 0 Å². The van der Waals surface area contributed by atoms with E-state index in [0.717, 1.165) is 42.2 Å². The van der Waals surface area contributed by atoms with Crippen LogP contribution < -0.4 is 5.32 Å². The molecule has 0 saturated carbocycles. The molecule has 162 valence electrons. The van der Waals surface area contributed by atoms with Crippen LogP contribution in [0.2, 0.25) is 0 Å². The van der Waals surface area contributed by atoms with Gasteiger partial charge in [0, 0.05) is 61.2 Å². The maximum Gasteiger partial charge on any atom is 0.274 e. The molecule has 3 aromatic heterocycles. The molecule has 0 radical (unpaired) electrons. The predicted octanol–water partition coefficient (Wildman–Crippen LogP) is 3.62. The van der Waals surface area contributed by atoms with E-state index in [2.05, 4.69) is 46.3 Å². The lowest BCUT2D eigenvalue weighted by atomic mass is 9.92. The topological polar surface area (TPSA) is 99.7 Å². The SMILES string of the molecule is CNc1cc([C@@H]2CCCN(C(=O)c3cc(C(C)(C)C)[nH]n3)C2)nc(-c2cccnc2)n1. The molecular formula is C23H29N7O. The van der Waals surface area contributed by atoms with E-state index in [4.69, 9.17) is 4.98 Å². The Kier molecular flexibility index (Phi) is 5.71. The van der Waals surface area contributed by atoms with Crippen LogP contribution in [0.25, 0.3) is 11.4 Å². The molecule has 8 nitrogen and oxygen atoms in total. The van der Waals surface area contributed by atoms with E-state index in [-0.39, 0.29) is 17.2 Å². The van der Waals surface area contributed by atoms with Gasteiger partial charge in [0.15, 0.2) is 5.82 Å². The summed E-state index contributed by atoms with van der Waals surface area (Å²) in [7, 11) is 1.85. The summed E-state index contributed by atoms with van der Waals surface area (Å²) in [6.45, 7) is 7.63. The van der Waals surface area contributed by atoms with E-state index in [9.17, 15) is 4.79 Å². The van der Waals surface area contributed by atoms with Crippen LogP contribution in [0.15, 0.2) is 36.7 Å². The van der Waals surface area contributed by atoms with Crippen LogP contribution in [0.4, 0.5) is 5.82 Å². The maximum absolute atomic E-state index is 13.1. The average molecular weight is 420 g/mol. The highest BCUT2D eigenvalue weighted by Gasteiger charge is 2.29. The Balaban J connectivity index is 1.57. The lowest BCUT2D eigenvalue weighted by Gasteiger charge is -2.32. The lowest BCUT2D eigenvalue weighted by molar-refractivity contribution is 0.0700. The number of piperidine rings is 1. The van der Waals surface area contributed by atoms with Crippen LogP contribution in [-0.2, 0) is 5.41 Å². The number of hydrogen-bond donors (Lipinski definition) is 2. The number of hydrogen-bond acceptors (Lipinski definition) is 6. The monoisotopic (exact) mass is 419 g/mol. The molecule has 1 aliphatic rings. The molecule has 0 aliphatic carbocycles. The summed E-state index contributed by atoms with van der Waals surface area (Å²) in [5.41, 5.74) is 3.16. The second-order valence-electron chi connectivity index (χ2n) is 9.00. The quantitative estimate of drug-likeness (QED) is 0.670. The van der Waals surface area contributed by atoms with Crippen molar-refractivity contribution in [2.75, 3.05) is 25.5 Å². The van der Waals surface area contributed by atoms with E-state index in [0.29, 0.717) is 18.1 Å². The number of pyridine rings is 1. The smallest absolute Gasteiger partial charge is 0.274 e. The van der Waals surface area contributed by atoms with Gasteiger partial charge in [-0.1, -0.05) is 20.8 Å². The summed E-state index contributed by atoms with van der Waals surface area (Å²) in [6.07, 6.45) is 5.40. The van der Waals surface area contributed by atoms with Crippen molar-refractivity contribution >= 4 is 11.7 Å². The Labute approximate surface area is 182 Å². The molecule has 0 aromatic carbocycles. The molecule has 31 heavy (non-hydrogen) atoms. The molecule has 0 unspecified atom stereocenters. The van der Waals surface area contributed by atoms with Gasteiger partial charge in [0.05, 0.1) is 5.69 Å². The number of nitrogens with one attached hydrogen (secondary N) is 2. The number of aromatic amines is 1. The minimum absolute atomic E-state index is 0.0353. The Morgan fingerprint density at radius 3 is 2.77 bits per heavy atom. The van der Waals surface area contributed by atoms with E-state index >= 15 is 0 Å². The summed E-state index contributed by atoms with van der Waals surface area (Å²) >= 11 is 0. The van der Waals surface area contributed by atoms with E-state index in [1.54, 1.807) is 12.4 Å². The van der Waals surface area contributed by atoms with Crippen LogP contribution in [-0.4, -0.2) is 56.1 Å². The van der Waals surface area contributed by atoms with E-state index in [1.807, 2.05) is 36.2 Å². The highest BCUT2D eigenvalue weighted by atomic mass is 16.2. The van der Waals surface area contributed by atoms with Crippen LogP contribution in [0.3, 0.4) is 0 Å². The van der Waals surface area contributed by atoms with Gasteiger partial charge in [0.2, 0.25) is 0 Å². The zero-order valence-electron chi connectivity index (χ0n) is 18.5. The Morgan fingerprint density at radius 1 is 1.26 bits per heavy atom. The van der Waals surface area contributed by atoms with Crippen molar-refractivity contribution < 1.29 is 4.79 Å². The highest BCUT2D eigenvalue weighted by Crippen LogP contribution is 2.30. The van der Waals surface area contributed by atoms with Gasteiger partial charge in [0.25, 0.3) is 5.91 Å². The number of carbonyl (C=O) groups is 1. The van der Waals surface area contributed by atoms with E-state index in [1.165, 1.54) is 0 Å². The fraction of sp³-hybridized carbons (Fsp3) is 0.435. The number of likely N-dealkylation sites (tertiary alicyclic amines) is 1. The van der Waals surface area contributed by atoms with Crippen molar-refractivity contribution in [3.63, 3.8) is 0 Å². The highest BCUT2D eigenvalue weighted by molar-refractivity contribution is 5.92. The Bertz CT molecular complexity index is 1060. The van der Waals surface area contributed by atoms with Crippen molar-refractivity contribution in [3.8, 4) is 11.4 Å². The zero-order chi connectivity index (χ0) is 22.0. The van der Waals surface area contributed by atoms with Crippen molar-refractivity contribution in [1.29, 1.82) is 0 Å². The van der Waals surface area contributed by atoms with Crippen molar-refractivity contribution in [1.82, 2.24) is 30.0 Å². The second-order valence-corrected chi connectivity index (χ2v) is 9.00. The van der Waals surface area contributed by atoms with Gasteiger partial charge in [-0.15, -0.1) is 0 Å². The van der Waals surface area contributed by atoms with Gasteiger partial charge in [-0.3, -0.25) is 14.9 Å². The Morgan fingerprint density at radius 2 is 2.10 bits per heavy atom. The minimum atomic E-state index is -0.0802. The van der Waals surface area contributed by atoms with Crippen molar-refractivity contribution in [3.05, 3.63) is 53.7 Å². The van der Waals surface area contributed by atoms with Gasteiger partial charge in [-0.05, 0) is 31.0 Å². The molecule has 1 amide bonds. The number of carbonyl (C=O) groups excluding carboxylic acids is 1. The molecule has 1 aliphatic heterocycles. The predicted molar refractivity (Wildman–Crippen MR) is 120 cm³/mol. The number of aromatic nitrogens is 5. The third-order valence-electron chi connectivity index (χ3n) is 5.65. The summed E-state index contributed by atoms with van der Waals surface area (Å²) in [5, 5.41) is 10.4. The first-order valence-electron chi connectivity index (χ1n) is 10.7. The first kappa shape index (κ1) is 21.0. The summed E-state index contributed by atoms with van der Waals surface area (Å²) < 4.78 is 0. The molecule has 2 N–H and O–H groups in total. The molecule has 8 heteroatoms. The zero-order valence-corrected chi connectivity index (χ0v) is 18.5. The molecule has 0 spiro atoms. The number of H-pyrrole nitrogens is 1. The maximum atomic E-state index is 13.1. The van der Waals surface area contributed by atoms with Crippen LogP contribution in [0, 0.1) is 0 Å². The molecular weight excluding hydrogens is 390 g/mol. The largest absolute Gasteiger partial charge is 0.373 e. The fourth-order valence-electron chi connectivity index (χ4n) is 3.81. The molecule has 0 bridgehead atoms. The van der Waals surface area contributed by atoms with Crippen LogP contribution in [0.5, 0.6) is 0 Å². The molecule has 1 fully saturated rings. The summed E-state index contributed by atoms with van der Waals surface area (Å²) in [4.78, 5) is 28.6. The van der Waals surface area contributed by atoms with Gasteiger partial charge in [-0.2, -0.15) is 5.10 Å². The van der Waals surface area contributed by atoms with E-state index < -0.39 is 0 Å². The van der Waals surface area contributed by atoms with Gasteiger partial charge < -0.3 is 10.2 Å².